The first kappa shape index (κ1) is 14.1. The molecule has 0 aromatic heterocycles. The summed E-state index contributed by atoms with van der Waals surface area (Å²) in [6.07, 6.45) is 12.6. The van der Waals surface area contributed by atoms with E-state index in [-0.39, 0.29) is 0 Å². The number of allylic oxidation sites excluding steroid dienone is 4. The number of hydrogen-bond donors (Lipinski definition) is 1. The quantitative estimate of drug-likeness (QED) is 0.635. The highest BCUT2D eigenvalue weighted by Gasteiger charge is 2.28. The van der Waals surface area contributed by atoms with Gasteiger partial charge in [0.05, 0.1) is 0 Å². The third-order valence-corrected chi connectivity index (χ3v) is 3.90. The zero-order valence-electron chi connectivity index (χ0n) is 11.7. The molecule has 0 saturated heterocycles. The van der Waals surface area contributed by atoms with E-state index in [0.29, 0.717) is 5.41 Å². The molecule has 0 aromatic rings. The number of rotatable bonds is 7. The average molecular weight is 233 g/mol. The Balaban J connectivity index is 2.81. The molecule has 0 bridgehead atoms. The lowest BCUT2D eigenvalue weighted by atomic mass is 9.71. The fraction of sp³-hybridized carbons (Fsp3) is 0.625. The summed E-state index contributed by atoms with van der Waals surface area (Å²) in [5.74, 6) is 0. The standard InChI is InChI=1S/C16H27N/c1-5-11-16(4,12-13-17-6-2)15-10-8-7-9-14(15)3/h6-7,9,17H,2,5,8,10-13H2,1,3-4H3. The molecule has 1 aliphatic rings. The van der Waals surface area contributed by atoms with Crippen molar-refractivity contribution in [3.63, 3.8) is 0 Å². The van der Waals surface area contributed by atoms with Crippen LogP contribution in [0.2, 0.25) is 0 Å². The highest BCUT2D eigenvalue weighted by Crippen LogP contribution is 2.41. The molecule has 1 aliphatic carbocycles. The average Bonchev–Trinajstić information content (AvgIpc) is 2.30. The van der Waals surface area contributed by atoms with Gasteiger partial charge in [-0.3, -0.25) is 0 Å². The summed E-state index contributed by atoms with van der Waals surface area (Å²) in [5.41, 5.74) is 3.53. The van der Waals surface area contributed by atoms with E-state index in [1.165, 1.54) is 37.7 Å². The van der Waals surface area contributed by atoms with Crippen molar-refractivity contribution in [2.75, 3.05) is 6.54 Å². The Kier molecular flexibility index (Phi) is 5.54. The van der Waals surface area contributed by atoms with Gasteiger partial charge in [-0.25, -0.2) is 0 Å². The van der Waals surface area contributed by atoms with Crippen molar-refractivity contribution in [1.29, 1.82) is 0 Å². The molecular weight excluding hydrogens is 206 g/mol. The van der Waals surface area contributed by atoms with Crippen LogP contribution in [-0.2, 0) is 0 Å². The van der Waals surface area contributed by atoms with Gasteiger partial charge >= 0.3 is 0 Å². The maximum absolute atomic E-state index is 3.72. The molecule has 0 heterocycles. The Morgan fingerprint density at radius 1 is 1.47 bits per heavy atom. The van der Waals surface area contributed by atoms with Gasteiger partial charge in [-0.15, -0.1) is 0 Å². The Hall–Kier alpha value is -0.980. The summed E-state index contributed by atoms with van der Waals surface area (Å²) in [5, 5.41) is 3.24. The van der Waals surface area contributed by atoms with Gasteiger partial charge in [0.1, 0.15) is 0 Å². The Morgan fingerprint density at radius 2 is 2.24 bits per heavy atom. The Bertz CT molecular complexity index is 311. The molecule has 1 rings (SSSR count). The molecular formula is C16H27N. The largest absolute Gasteiger partial charge is 0.391 e. The highest BCUT2D eigenvalue weighted by atomic mass is 14.8. The van der Waals surface area contributed by atoms with Gasteiger partial charge in [0.15, 0.2) is 0 Å². The minimum absolute atomic E-state index is 0.361. The molecule has 96 valence electrons. The normalized spacial score (nSPS) is 19.0. The molecule has 0 amide bonds. The first-order chi connectivity index (χ1) is 8.14. The van der Waals surface area contributed by atoms with E-state index in [2.05, 4.69) is 44.8 Å². The summed E-state index contributed by atoms with van der Waals surface area (Å²) in [6.45, 7) is 11.7. The van der Waals surface area contributed by atoms with Crippen LogP contribution in [0.25, 0.3) is 0 Å². The minimum Gasteiger partial charge on any atom is -0.391 e. The summed E-state index contributed by atoms with van der Waals surface area (Å²) >= 11 is 0. The van der Waals surface area contributed by atoms with Crippen molar-refractivity contribution in [2.45, 2.75) is 52.9 Å². The summed E-state index contributed by atoms with van der Waals surface area (Å²) in [4.78, 5) is 0. The fourth-order valence-electron chi connectivity index (χ4n) is 2.99. The molecule has 0 aliphatic heterocycles. The predicted octanol–water partition coefficient (Wildman–Crippen LogP) is 4.58. The third kappa shape index (κ3) is 3.76. The van der Waals surface area contributed by atoms with E-state index in [9.17, 15) is 0 Å². The van der Waals surface area contributed by atoms with Crippen LogP contribution in [0, 0.1) is 5.41 Å². The lowest BCUT2D eigenvalue weighted by molar-refractivity contribution is 0.318. The second-order valence-electron chi connectivity index (χ2n) is 5.32. The molecule has 1 unspecified atom stereocenters. The maximum Gasteiger partial charge on any atom is 0.0149 e. The van der Waals surface area contributed by atoms with Crippen molar-refractivity contribution >= 4 is 0 Å². The molecule has 0 radical (unpaired) electrons. The second kappa shape index (κ2) is 6.68. The van der Waals surface area contributed by atoms with Crippen LogP contribution in [-0.4, -0.2) is 6.54 Å². The van der Waals surface area contributed by atoms with E-state index < -0.39 is 0 Å². The van der Waals surface area contributed by atoms with Gasteiger partial charge in [-0.2, -0.15) is 0 Å². The molecule has 0 fully saturated rings. The predicted molar refractivity (Wildman–Crippen MR) is 76.9 cm³/mol. The summed E-state index contributed by atoms with van der Waals surface area (Å²) in [6, 6.07) is 0. The Morgan fingerprint density at radius 3 is 2.82 bits per heavy atom. The van der Waals surface area contributed by atoms with Gasteiger partial charge in [0.25, 0.3) is 0 Å². The molecule has 1 N–H and O–H groups in total. The third-order valence-electron chi connectivity index (χ3n) is 3.90. The van der Waals surface area contributed by atoms with Gasteiger partial charge in [-0.1, -0.05) is 50.1 Å². The van der Waals surface area contributed by atoms with Gasteiger partial charge in [0, 0.05) is 6.54 Å². The van der Waals surface area contributed by atoms with Crippen LogP contribution in [0.5, 0.6) is 0 Å². The molecule has 0 spiro atoms. The zero-order valence-corrected chi connectivity index (χ0v) is 11.7. The van der Waals surface area contributed by atoms with Crippen molar-refractivity contribution in [1.82, 2.24) is 5.32 Å². The minimum atomic E-state index is 0.361. The van der Waals surface area contributed by atoms with Crippen LogP contribution in [0.4, 0.5) is 0 Å². The van der Waals surface area contributed by atoms with Crippen molar-refractivity contribution in [2.24, 2.45) is 5.41 Å². The van der Waals surface area contributed by atoms with Crippen LogP contribution in [0.1, 0.15) is 52.9 Å². The second-order valence-corrected chi connectivity index (χ2v) is 5.32. The monoisotopic (exact) mass is 233 g/mol. The maximum atomic E-state index is 3.72. The van der Waals surface area contributed by atoms with E-state index in [0.717, 1.165) is 6.54 Å². The van der Waals surface area contributed by atoms with Crippen LogP contribution in [0.3, 0.4) is 0 Å². The van der Waals surface area contributed by atoms with E-state index in [1.54, 1.807) is 11.8 Å². The summed E-state index contributed by atoms with van der Waals surface area (Å²) in [7, 11) is 0. The lowest BCUT2D eigenvalue weighted by Gasteiger charge is -2.35. The van der Waals surface area contributed by atoms with Crippen LogP contribution < -0.4 is 5.32 Å². The molecule has 17 heavy (non-hydrogen) atoms. The number of hydrogen-bond acceptors (Lipinski definition) is 1. The van der Waals surface area contributed by atoms with Crippen LogP contribution in [0.15, 0.2) is 36.1 Å². The van der Waals surface area contributed by atoms with Gasteiger partial charge in [-0.05, 0) is 44.2 Å². The van der Waals surface area contributed by atoms with Crippen molar-refractivity contribution in [3.05, 3.63) is 36.1 Å². The smallest absolute Gasteiger partial charge is 0.0149 e. The topological polar surface area (TPSA) is 12.0 Å². The number of nitrogens with one attached hydrogen (secondary N) is 1. The van der Waals surface area contributed by atoms with E-state index >= 15 is 0 Å². The zero-order chi connectivity index (χ0) is 12.7. The molecule has 1 heteroatoms. The fourth-order valence-corrected chi connectivity index (χ4v) is 2.99. The molecule has 0 aromatic carbocycles. The Labute approximate surface area is 107 Å². The highest BCUT2D eigenvalue weighted by molar-refractivity contribution is 5.32. The van der Waals surface area contributed by atoms with E-state index in [1.807, 2.05) is 0 Å². The lowest BCUT2D eigenvalue weighted by Crippen LogP contribution is -2.26. The molecule has 0 saturated carbocycles. The first-order valence-corrected chi connectivity index (χ1v) is 6.85. The first-order valence-electron chi connectivity index (χ1n) is 6.85. The van der Waals surface area contributed by atoms with Crippen molar-refractivity contribution in [3.8, 4) is 0 Å². The van der Waals surface area contributed by atoms with Gasteiger partial charge in [0.2, 0.25) is 0 Å². The molecule has 1 nitrogen and oxygen atoms in total. The van der Waals surface area contributed by atoms with Crippen molar-refractivity contribution < 1.29 is 0 Å². The van der Waals surface area contributed by atoms with E-state index in [4.69, 9.17) is 0 Å². The van der Waals surface area contributed by atoms with Crippen LogP contribution >= 0.6 is 0 Å². The summed E-state index contributed by atoms with van der Waals surface area (Å²) < 4.78 is 0. The molecule has 1 atom stereocenters. The van der Waals surface area contributed by atoms with Gasteiger partial charge < -0.3 is 5.32 Å². The SMILES string of the molecule is C=CNCCC(C)(CCC)C1=C(C)C=CCC1.